The zero-order valence-corrected chi connectivity index (χ0v) is 16.8. The predicted molar refractivity (Wildman–Crippen MR) is 106 cm³/mol. The van der Waals surface area contributed by atoms with Crippen LogP contribution in [0.15, 0.2) is 42.5 Å². The zero-order valence-electron chi connectivity index (χ0n) is 16.8. The first-order valence-corrected chi connectivity index (χ1v) is 8.98. The van der Waals surface area contributed by atoms with Crippen molar-refractivity contribution in [3.05, 3.63) is 65.2 Å². The van der Waals surface area contributed by atoms with Gasteiger partial charge in [-0.25, -0.2) is 19.0 Å². The molecule has 0 saturated carbocycles. The van der Waals surface area contributed by atoms with Crippen molar-refractivity contribution in [3.63, 3.8) is 0 Å². The average Bonchev–Trinajstić information content (AvgIpc) is 3.29. The Kier molecular flexibility index (Phi) is 5.96. The number of benzene rings is 1. The van der Waals surface area contributed by atoms with Gasteiger partial charge in [0.25, 0.3) is 0 Å². The Hall–Kier alpha value is -3.62. The van der Waals surface area contributed by atoms with Gasteiger partial charge in [0.05, 0.1) is 14.2 Å². The molecular formula is C20H23N5O4. The van der Waals surface area contributed by atoms with Crippen LogP contribution in [0.3, 0.4) is 0 Å². The van der Waals surface area contributed by atoms with Gasteiger partial charge in [0.2, 0.25) is 0 Å². The van der Waals surface area contributed by atoms with Gasteiger partial charge >= 0.3 is 11.9 Å². The SMILES string of the molecule is COC(=O)c1cc(C)n(CN(Cn2nc(C(=O)OC)cc2C)c2ccccc2)n1. The van der Waals surface area contributed by atoms with E-state index < -0.39 is 11.9 Å². The molecule has 0 unspecified atom stereocenters. The molecule has 0 aliphatic carbocycles. The van der Waals surface area contributed by atoms with Crippen molar-refractivity contribution in [2.45, 2.75) is 27.2 Å². The average molecular weight is 397 g/mol. The molecule has 0 fully saturated rings. The first-order valence-electron chi connectivity index (χ1n) is 8.98. The molecule has 9 nitrogen and oxygen atoms in total. The molecular weight excluding hydrogens is 374 g/mol. The van der Waals surface area contributed by atoms with Crippen molar-refractivity contribution in [3.8, 4) is 0 Å². The zero-order chi connectivity index (χ0) is 21.0. The van der Waals surface area contributed by atoms with E-state index in [0.717, 1.165) is 17.1 Å². The monoisotopic (exact) mass is 397 g/mol. The van der Waals surface area contributed by atoms with Crippen molar-refractivity contribution >= 4 is 17.6 Å². The molecule has 3 aromatic rings. The van der Waals surface area contributed by atoms with Crippen LogP contribution in [-0.4, -0.2) is 45.7 Å². The second-order valence-electron chi connectivity index (χ2n) is 6.48. The van der Waals surface area contributed by atoms with E-state index in [9.17, 15) is 9.59 Å². The first-order chi connectivity index (χ1) is 13.9. The maximum absolute atomic E-state index is 11.8. The van der Waals surface area contributed by atoms with Crippen molar-refractivity contribution in [2.75, 3.05) is 19.1 Å². The van der Waals surface area contributed by atoms with E-state index in [-0.39, 0.29) is 11.4 Å². The third-order valence-electron chi connectivity index (χ3n) is 4.48. The molecule has 0 spiro atoms. The second-order valence-corrected chi connectivity index (χ2v) is 6.48. The number of methoxy groups -OCH3 is 2. The highest BCUT2D eigenvalue weighted by Crippen LogP contribution is 2.18. The molecule has 9 heteroatoms. The Morgan fingerprint density at radius 2 is 1.31 bits per heavy atom. The molecule has 0 atom stereocenters. The van der Waals surface area contributed by atoms with E-state index in [1.54, 1.807) is 21.5 Å². The van der Waals surface area contributed by atoms with Crippen LogP contribution in [0.5, 0.6) is 0 Å². The number of para-hydroxylation sites is 1. The Morgan fingerprint density at radius 3 is 1.72 bits per heavy atom. The number of carbonyl (C=O) groups excluding carboxylic acids is 2. The lowest BCUT2D eigenvalue weighted by atomic mass is 10.3. The molecule has 0 aliphatic heterocycles. The van der Waals surface area contributed by atoms with Crippen molar-refractivity contribution in [2.24, 2.45) is 0 Å². The summed E-state index contributed by atoms with van der Waals surface area (Å²) >= 11 is 0. The summed E-state index contributed by atoms with van der Waals surface area (Å²) in [6, 6.07) is 13.1. The van der Waals surface area contributed by atoms with Gasteiger partial charge in [-0.05, 0) is 38.1 Å². The van der Waals surface area contributed by atoms with E-state index in [4.69, 9.17) is 9.47 Å². The maximum atomic E-state index is 11.8. The smallest absolute Gasteiger partial charge is 0.358 e. The number of hydrogen-bond acceptors (Lipinski definition) is 7. The minimum atomic E-state index is -0.483. The molecule has 0 amide bonds. The molecule has 0 radical (unpaired) electrons. The van der Waals surface area contributed by atoms with Gasteiger partial charge in [-0.15, -0.1) is 0 Å². The lowest BCUT2D eigenvalue weighted by Gasteiger charge is -2.26. The fraction of sp³-hybridized carbons (Fsp3) is 0.300. The fourth-order valence-electron chi connectivity index (χ4n) is 2.89. The van der Waals surface area contributed by atoms with Gasteiger partial charge in [-0.1, -0.05) is 18.2 Å². The van der Waals surface area contributed by atoms with Crippen LogP contribution in [0.4, 0.5) is 5.69 Å². The maximum Gasteiger partial charge on any atom is 0.358 e. The third kappa shape index (κ3) is 4.45. The lowest BCUT2D eigenvalue weighted by Crippen LogP contribution is -2.31. The number of carbonyl (C=O) groups is 2. The van der Waals surface area contributed by atoms with Crippen LogP contribution >= 0.6 is 0 Å². The van der Waals surface area contributed by atoms with E-state index in [1.807, 2.05) is 49.1 Å². The molecule has 3 rings (SSSR count). The minimum absolute atomic E-state index is 0.251. The lowest BCUT2D eigenvalue weighted by molar-refractivity contribution is 0.0584. The Bertz CT molecular complexity index is 947. The minimum Gasteiger partial charge on any atom is -0.464 e. The van der Waals surface area contributed by atoms with Crippen LogP contribution < -0.4 is 4.90 Å². The molecule has 1 aromatic carbocycles. The normalized spacial score (nSPS) is 10.6. The Balaban J connectivity index is 1.91. The third-order valence-corrected chi connectivity index (χ3v) is 4.48. The number of ether oxygens (including phenoxy) is 2. The molecule has 0 bridgehead atoms. The van der Waals surface area contributed by atoms with Crippen molar-refractivity contribution < 1.29 is 19.1 Å². The molecule has 29 heavy (non-hydrogen) atoms. The summed E-state index contributed by atoms with van der Waals surface area (Å²) in [4.78, 5) is 25.6. The van der Waals surface area contributed by atoms with Gasteiger partial charge in [0.1, 0.15) is 13.3 Å². The molecule has 152 valence electrons. The molecule has 0 N–H and O–H groups in total. The molecule has 2 heterocycles. The van der Waals surface area contributed by atoms with Crippen LogP contribution in [0, 0.1) is 13.8 Å². The number of rotatable bonds is 7. The summed E-state index contributed by atoms with van der Waals surface area (Å²) in [7, 11) is 2.65. The summed E-state index contributed by atoms with van der Waals surface area (Å²) in [6.45, 7) is 4.49. The summed E-state index contributed by atoms with van der Waals surface area (Å²) < 4.78 is 13.0. The van der Waals surface area contributed by atoms with Gasteiger partial charge in [-0.3, -0.25) is 0 Å². The van der Waals surface area contributed by atoms with Crippen LogP contribution in [-0.2, 0) is 22.8 Å². The van der Waals surface area contributed by atoms with Gasteiger partial charge < -0.3 is 14.4 Å². The first kappa shape index (κ1) is 20.1. The number of aromatic nitrogens is 4. The fourth-order valence-corrected chi connectivity index (χ4v) is 2.89. The summed E-state index contributed by atoms with van der Waals surface area (Å²) in [5.74, 6) is -0.965. The van der Waals surface area contributed by atoms with Gasteiger partial charge in [-0.2, -0.15) is 10.2 Å². The Morgan fingerprint density at radius 1 is 0.862 bits per heavy atom. The van der Waals surface area contributed by atoms with E-state index in [2.05, 4.69) is 10.2 Å². The van der Waals surface area contributed by atoms with E-state index in [0.29, 0.717) is 13.3 Å². The number of anilines is 1. The van der Waals surface area contributed by atoms with Crippen LogP contribution in [0.25, 0.3) is 0 Å². The highest BCUT2D eigenvalue weighted by atomic mass is 16.5. The number of esters is 2. The van der Waals surface area contributed by atoms with Gasteiger partial charge in [0.15, 0.2) is 11.4 Å². The van der Waals surface area contributed by atoms with Crippen molar-refractivity contribution in [1.82, 2.24) is 19.6 Å². The largest absolute Gasteiger partial charge is 0.464 e. The summed E-state index contributed by atoms with van der Waals surface area (Å²) in [6.07, 6.45) is 0. The number of aryl methyl sites for hydroxylation is 2. The number of nitrogens with zero attached hydrogens (tertiary/aromatic N) is 5. The van der Waals surface area contributed by atoms with E-state index in [1.165, 1.54) is 14.2 Å². The predicted octanol–water partition coefficient (Wildman–Crippen LogP) is 2.39. The molecule has 0 saturated heterocycles. The summed E-state index contributed by atoms with van der Waals surface area (Å²) in [5.41, 5.74) is 3.08. The van der Waals surface area contributed by atoms with Crippen LogP contribution in [0.1, 0.15) is 32.4 Å². The quantitative estimate of drug-likeness (QED) is 0.565. The van der Waals surface area contributed by atoms with Crippen molar-refractivity contribution in [1.29, 1.82) is 0 Å². The highest BCUT2D eigenvalue weighted by Gasteiger charge is 2.18. The molecule has 2 aromatic heterocycles. The van der Waals surface area contributed by atoms with Gasteiger partial charge in [0, 0.05) is 17.1 Å². The topological polar surface area (TPSA) is 91.5 Å². The highest BCUT2D eigenvalue weighted by molar-refractivity contribution is 5.87. The molecule has 0 aliphatic rings. The summed E-state index contributed by atoms with van der Waals surface area (Å²) in [5, 5.41) is 8.71. The van der Waals surface area contributed by atoms with Crippen LogP contribution in [0.2, 0.25) is 0 Å². The second kappa shape index (κ2) is 8.59. The Labute approximate surface area is 168 Å². The standard InChI is InChI=1S/C20H23N5O4/c1-14-10-17(19(26)28-3)21-24(14)12-23(16-8-6-5-7-9-16)13-25-15(2)11-18(22-25)20(27)29-4/h5-11H,12-13H2,1-4H3. The van der Waals surface area contributed by atoms with E-state index >= 15 is 0 Å². The number of hydrogen-bond donors (Lipinski definition) is 0.